The molecule has 2 heterocycles. The Labute approximate surface area is 148 Å². The summed E-state index contributed by atoms with van der Waals surface area (Å²) in [5, 5.41) is 2.28. The van der Waals surface area contributed by atoms with Crippen LogP contribution in [0.1, 0.15) is 11.1 Å². The minimum Gasteiger partial charge on any atom is -0.323 e. The molecule has 0 spiro atoms. The minimum absolute atomic E-state index is 0.665. The third-order valence-corrected chi connectivity index (χ3v) is 5.17. The Morgan fingerprint density at radius 3 is 2.12 bits per heavy atom. The van der Waals surface area contributed by atoms with Crippen LogP contribution in [0.4, 0.5) is 5.95 Å². The Morgan fingerprint density at radius 1 is 0.792 bits per heavy atom. The Balaban J connectivity index is 1.77. The van der Waals surface area contributed by atoms with E-state index in [1.807, 2.05) is 53.4 Å². The molecule has 0 fully saturated rings. The molecule has 1 aromatic heterocycles. The minimum atomic E-state index is 0.665. The molecule has 0 aliphatic carbocycles. The first-order valence-electron chi connectivity index (χ1n) is 7.59. The number of hydrogen-bond donors (Lipinski definition) is 1. The molecular formula is C19H11N3S2. The van der Waals surface area contributed by atoms with Crippen molar-refractivity contribution in [2.24, 2.45) is 0 Å². The van der Waals surface area contributed by atoms with Crippen LogP contribution >= 0.6 is 24.4 Å². The predicted octanol–water partition coefficient (Wildman–Crippen LogP) is 4.59. The molecule has 24 heavy (non-hydrogen) atoms. The summed E-state index contributed by atoms with van der Waals surface area (Å²) >= 11 is 11.5. The second kappa shape index (κ2) is 4.93. The van der Waals surface area contributed by atoms with Crippen LogP contribution in [-0.2, 0) is 0 Å². The molecule has 5 heteroatoms. The zero-order chi connectivity index (χ0) is 16.3. The number of rotatable bonds is 1. The lowest BCUT2D eigenvalue weighted by molar-refractivity contribution is 1.24. The predicted molar refractivity (Wildman–Crippen MR) is 106 cm³/mol. The number of nitrogens with one attached hydrogen (secondary N) is 1. The second-order valence-electron chi connectivity index (χ2n) is 5.73. The lowest BCUT2D eigenvalue weighted by Crippen LogP contribution is -2.39. The average molecular weight is 345 g/mol. The molecular weight excluding hydrogens is 334 g/mol. The fourth-order valence-corrected chi connectivity index (χ4v) is 4.02. The summed E-state index contributed by atoms with van der Waals surface area (Å²) in [6, 6.07) is 20.2. The zero-order valence-corrected chi connectivity index (χ0v) is 14.1. The van der Waals surface area contributed by atoms with Gasteiger partial charge in [-0.2, -0.15) is 0 Å². The van der Waals surface area contributed by atoms with E-state index in [1.54, 1.807) is 0 Å². The van der Waals surface area contributed by atoms with Gasteiger partial charge >= 0.3 is 0 Å². The number of benzene rings is 3. The van der Waals surface area contributed by atoms with Crippen molar-refractivity contribution < 1.29 is 0 Å². The van der Waals surface area contributed by atoms with E-state index in [0.717, 1.165) is 32.9 Å². The van der Waals surface area contributed by atoms with E-state index in [9.17, 15) is 0 Å². The fraction of sp³-hybridized carbons (Fsp3) is 0. The highest BCUT2D eigenvalue weighted by molar-refractivity contribution is 7.83. The van der Waals surface area contributed by atoms with Crippen molar-refractivity contribution in [2.75, 3.05) is 4.90 Å². The summed E-state index contributed by atoms with van der Waals surface area (Å²) < 4.78 is 0. The van der Waals surface area contributed by atoms with Gasteiger partial charge in [0.2, 0.25) is 5.95 Å². The molecule has 0 radical (unpaired) electrons. The summed E-state index contributed by atoms with van der Waals surface area (Å²) in [5.41, 5.74) is 3.91. The number of para-hydroxylation sites is 2. The summed E-state index contributed by atoms with van der Waals surface area (Å²) in [6.45, 7) is 0. The first kappa shape index (κ1) is 13.8. The normalized spacial score (nSPS) is 13.9. The van der Waals surface area contributed by atoms with Gasteiger partial charge < -0.3 is 4.98 Å². The molecule has 4 aromatic rings. The van der Waals surface area contributed by atoms with Crippen molar-refractivity contribution >= 4 is 62.2 Å². The van der Waals surface area contributed by atoms with E-state index >= 15 is 0 Å². The Hall–Kier alpha value is -2.63. The summed E-state index contributed by atoms with van der Waals surface area (Å²) in [7, 11) is 0. The number of H-pyrrole nitrogens is 1. The van der Waals surface area contributed by atoms with Gasteiger partial charge in [-0.1, -0.05) is 73.0 Å². The quantitative estimate of drug-likeness (QED) is 0.512. The van der Waals surface area contributed by atoms with Crippen LogP contribution < -0.4 is 4.90 Å². The number of aromatic nitrogens is 2. The van der Waals surface area contributed by atoms with Gasteiger partial charge in [-0.15, -0.1) is 0 Å². The molecule has 0 atom stereocenters. The molecule has 0 unspecified atom stereocenters. The van der Waals surface area contributed by atoms with E-state index < -0.39 is 0 Å². The Kier molecular flexibility index (Phi) is 2.83. The van der Waals surface area contributed by atoms with Crippen LogP contribution in [0.5, 0.6) is 0 Å². The van der Waals surface area contributed by atoms with Crippen LogP contribution in [0, 0.1) is 0 Å². The van der Waals surface area contributed by atoms with Gasteiger partial charge in [0.15, 0.2) is 0 Å². The fourth-order valence-electron chi connectivity index (χ4n) is 3.27. The molecule has 3 aromatic carbocycles. The van der Waals surface area contributed by atoms with Crippen molar-refractivity contribution in [3.63, 3.8) is 0 Å². The van der Waals surface area contributed by atoms with Gasteiger partial charge in [-0.3, -0.25) is 4.90 Å². The van der Waals surface area contributed by atoms with Crippen LogP contribution in [0.2, 0.25) is 0 Å². The maximum atomic E-state index is 5.76. The van der Waals surface area contributed by atoms with Gasteiger partial charge in [0.05, 0.1) is 11.0 Å². The lowest BCUT2D eigenvalue weighted by atomic mass is 9.95. The summed E-state index contributed by atoms with van der Waals surface area (Å²) in [4.78, 5) is 11.2. The highest BCUT2D eigenvalue weighted by atomic mass is 32.1. The van der Waals surface area contributed by atoms with Crippen molar-refractivity contribution in [2.45, 2.75) is 0 Å². The summed E-state index contributed by atoms with van der Waals surface area (Å²) in [6.07, 6.45) is 0. The smallest absolute Gasteiger partial charge is 0.214 e. The number of fused-ring (bicyclic) bond motifs is 1. The van der Waals surface area contributed by atoms with Crippen molar-refractivity contribution in [1.29, 1.82) is 0 Å². The average Bonchev–Trinajstić information content (AvgIpc) is 3.03. The van der Waals surface area contributed by atoms with Crippen molar-refractivity contribution in [3.8, 4) is 0 Å². The van der Waals surface area contributed by atoms with Crippen LogP contribution in [0.15, 0.2) is 60.7 Å². The summed E-state index contributed by atoms with van der Waals surface area (Å²) in [5.74, 6) is 0.665. The third kappa shape index (κ3) is 1.79. The number of nitrogens with zero attached hydrogens (tertiary/aromatic N) is 2. The van der Waals surface area contributed by atoms with E-state index in [1.165, 1.54) is 0 Å². The third-order valence-electron chi connectivity index (χ3n) is 4.36. The number of anilines is 1. The molecule has 1 aliphatic heterocycles. The first-order chi connectivity index (χ1) is 11.7. The standard InChI is InChI=1S/C19H11N3S2/c23-17-12-7-3-5-11-6-4-8-13(16(11)12)18(24)22(17)19-20-14-9-1-2-10-15(14)21-19/h1-10H,(H,20,21). The molecule has 0 amide bonds. The topological polar surface area (TPSA) is 31.9 Å². The first-order valence-corrected chi connectivity index (χ1v) is 8.41. The van der Waals surface area contributed by atoms with Gasteiger partial charge in [-0.25, -0.2) is 4.98 Å². The monoisotopic (exact) mass is 345 g/mol. The molecule has 1 aliphatic rings. The number of hydrogen-bond acceptors (Lipinski definition) is 3. The number of thiocarbonyl (C=S) groups is 2. The van der Waals surface area contributed by atoms with E-state index in [-0.39, 0.29) is 0 Å². The Bertz CT molecular complexity index is 1080. The van der Waals surface area contributed by atoms with E-state index in [4.69, 9.17) is 24.4 Å². The van der Waals surface area contributed by atoms with E-state index in [2.05, 4.69) is 22.1 Å². The second-order valence-corrected chi connectivity index (χ2v) is 6.51. The molecule has 0 saturated carbocycles. The maximum Gasteiger partial charge on any atom is 0.214 e. The van der Waals surface area contributed by atoms with Crippen LogP contribution in [-0.4, -0.2) is 19.9 Å². The Morgan fingerprint density at radius 2 is 1.46 bits per heavy atom. The van der Waals surface area contributed by atoms with E-state index in [0.29, 0.717) is 15.9 Å². The molecule has 1 N–H and O–H groups in total. The molecule has 114 valence electrons. The molecule has 5 rings (SSSR count). The van der Waals surface area contributed by atoms with Crippen molar-refractivity contribution in [1.82, 2.24) is 9.97 Å². The van der Waals surface area contributed by atoms with Gasteiger partial charge in [0.25, 0.3) is 0 Å². The van der Waals surface area contributed by atoms with Gasteiger partial charge in [-0.05, 0) is 17.5 Å². The maximum absolute atomic E-state index is 5.76. The van der Waals surface area contributed by atoms with Crippen LogP contribution in [0.25, 0.3) is 21.8 Å². The lowest BCUT2D eigenvalue weighted by Gasteiger charge is -2.29. The SMILES string of the molecule is S=C1c2cccc3cccc(c23)C(=S)N1c1nc2ccccc2[nH]1. The largest absolute Gasteiger partial charge is 0.323 e. The highest BCUT2D eigenvalue weighted by Crippen LogP contribution is 2.33. The number of aromatic amines is 1. The zero-order valence-electron chi connectivity index (χ0n) is 12.5. The highest BCUT2D eigenvalue weighted by Gasteiger charge is 2.30. The molecule has 0 bridgehead atoms. The van der Waals surface area contributed by atoms with Gasteiger partial charge in [0.1, 0.15) is 9.98 Å². The van der Waals surface area contributed by atoms with Gasteiger partial charge in [0, 0.05) is 16.5 Å². The molecule has 0 saturated heterocycles. The molecule has 3 nitrogen and oxygen atoms in total. The number of imidazole rings is 1. The van der Waals surface area contributed by atoms with Crippen molar-refractivity contribution in [3.05, 3.63) is 71.8 Å². The van der Waals surface area contributed by atoms with Crippen LogP contribution in [0.3, 0.4) is 0 Å².